The van der Waals surface area contributed by atoms with Gasteiger partial charge in [0.05, 0.1) is 13.0 Å². The Kier molecular flexibility index (Phi) is 3.19. The Morgan fingerprint density at radius 1 is 1.67 bits per heavy atom. The third-order valence-corrected chi connectivity index (χ3v) is 1.34. The molecule has 0 aromatic carbocycles. The summed E-state index contributed by atoms with van der Waals surface area (Å²) in [6, 6.07) is 0.0320. The fraction of sp³-hybridized carbons (Fsp3) is 0.714. The lowest BCUT2D eigenvalue weighted by molar-refractivity contribution is 0.273. The SMILES string of the molecule is CC(N)Cc1noc(CCO)n1. The topological polar surface area (TPSA) is 85.2 Å². The average molecular weight is 171 g/mol. The molecule has 3 N–H and O–H groups in total. The van der Waals surface area contributed by atoms with Crippen molar-refractivity contribution in [2.45, 2.75) is 25.8 Å². The molecule has 0 aliphatic carbocycles. The summed E-state index contributed by atoms with van der Waals surface area (Å²) in [4.78, 5) is 4.02. The van der Waals surface area contributed by atoms with Crippen molar-refractivity contribution in [3.63, 3.8) is 0 Å². The monoisotopic (exact) mass is 171 g/mol. The average Bonchev–Trinajstić information content (AvgIpc) is 2.36. The molecule has 1 aromatic heterocycles. The molecular weight excluding hydrogens is 158 g/mol. The highest BCUT2D eigenvalue weighted by Gasteiger charge is 2.06. The van der Waals surface area contributed by atoms with E-state index in [1.54, 1.807) is 0 Å². The van der Waals surface area contributed by atoms with Crippen molar-refractivity contribution in [1.82, 2.24) is 10.1 Å². The second-order valence-electron chi connectivity index (χ2n) is 2.76. The normalized spacial score (nSPS) is 13.2. The van der Waals surface area contributed by atoms with E-state index >= 15 is 0 Å². The van der Waals surface area contributed by atoms with Gasteiger partial charge in [-0.05, 0) is 6.92 Å². The van der Waals surface area contributed by atoms with Gasteiger partial charge in [0.2, 0.25) is 5.89 Å². The zero-order chi connectivity index (χ0) is 8.97. The van der Waals surface area contributed by atoms with Gasteiger partial charge in [0.1, 0.15) is 0 Å². The summed E-state index contributed by atoms with van der Waals surface area (Å²) in [5.74, 6) is 1.07. The summed E-state index contributed by atoms with van der Waals surface area (Å²) in [7, 11) is 0. The van der Waals surface area contributed by atoms with Crippen molar-refractivity contribution >= 4 is 0 Å². The van der Waals surface area contributed by atoms with Gasteiger partial charge in [-0.3, -0.25) is 0 Å². The van der Waals surface area contributed by atoms with Crippen molar-refractivity contribution in [3.05, 3.63) is 11.7 Å². The molecule has 5 heteroatoms. The maximum atomic E-state index is 8.56. The second-order valence-corrected chi connectivity index (χ2v) is 2.76. The van der Waals surface area contributed by atoms with Crippen molar-refractivity contribution in [2.75, 3.05) is 6.61 Å². The molecule has 0 fully saturated rings. The summed E-state index contributed by atoms with van der Waals surface area (Å²) < 4.78 is 4.83. The standard InChI is InChI=1S/C7H13N3O2/c1-5(8)4-6-9-7(2-3-11)12-10-6/h5,11H,2-4,8H2,1H3. The number of rotatable bonds is 4. The maximum absolute atomic E-state index is 8.56. The lowest BCUT2D eigenvalue weighted by Gasteiger charge is -1.96. The van der Waals surface area contributed by atoms with Gasteiger partial charge in [-0.1, -0.05) is 5.16 Å². The van der Waals surface area contributed by atoms with E-state index in [-0.39, 0.29) is 12.6 Å². The highest BCUT2D eigenvalue weighted by molar-refractivity contribution is 4.88. The van der Waals surface area contributed by atoms with Crippen LogP contribution >= 0.6 is 0 Å². The molecule has 5 nitrogen and oxygen atoms in total. The third-order valence-electron chi connectivity index (χ3n) is 1.34. The van der Waals surface area contributed by atoms with E-state index in [1.165, 1.54) is 0 Å². The first-order valence-electron chi connectivity index (χ1n) is 3.90. The molecular formula is C7H13N3O2. The molecule has 0 saturated carbocycles. The number of aliphatic hydroxyl groups excluding tert-OH is 1. The van der Waals surface area contributed by atoms with Crippen LogP contribution in [0, 0.1) is 0 Å². The molecule has 1 heterocycles. The minimum atomic E-state index is 0.0276. The highest BCUT2D eigenvalue weighted by Crippen LogP contribution is 1.99. The fourth-order valence-electron chi connectivity index (χ4n) is 0.858. The first kappa shape index (κ1) is 9.15. The second kappa shape index (κ2) is 4.18. The van der Waals surface area contributed by atoms with Gasteiger partial charge < -0.3 is 15.4 Å². The van der Waals surface area contributed by atoms with E-state index in [2.05, 4.69) is 10.1 Å². The molecule has 12 heavy (non-hydrogen) atoms. The highest BCUT2D eigenvalue weighted by atomic mass is 16.5. The van der Waals surface area contributed by atoms with E-state index in [9.17, 15) is 0 Å². The Hall–Kier alpha value is -0.940. The van der Waals surface area contributed by atoms with Crippen LogP contribution < -0.4 is 5.73 Å². The molecule has 1 atom stereocenters. The Morgan fingerprint density at radius 2 is 2.42 bits per heavy atom. The number of nitrogens with zero attached hydrogens (tertiary/aromatic N) is 2. The van der Waals surface area contributed by atoms with E-state index < -0.39 is 0 Å². The van der Waals surface area contributed by atoms with Gasteiger partial charge in [0, 0.05) is 12.5 Å². The zero-order valence-corrected chi connectivity index (χ0v) is 7.03. The fourth-order valence-corrected chi connectivity index (χ4v) is 0.858. The van der Waals surface area contributed by atoms with Crippen LogP contribution in [0.4, 0.5) is 0 Å². The van der Waals surface area contributed by atoms with Crippen molar-refractivity contribution in [1.29, 1.82) is 0 Å². The zero-order valence-electron chi connectivity index (χ0n) is 7.03. The predicted molar refractivity (Wildman–Crippen MR) is 42.4 cm³/mol. The van der Waals surface area contributed by atoms with Crippen molar-refractivity contribution < 1.29 is 9.63 Å². The molecule has 0 aliphatic heterocycles. The summed E-state index contributed by atoms with van der Waals surface area (Å²) >= 11 is 0. The van der Waals surface area contributed by atoms with Crippen LogP contribution in [0.2, 0.25) is 0 Å². The van der Waals surface area contributed by atoms with Crippen LogP contribution in [0.5, 0.6) is 0 Å². The van der Waals surface area contributed by atoms with E-state index in [0.717, 1.165) is 0 Å². The molecule has 0 saturated heterocycles. The first-order chi connectivity index (χ1) is 5.72. The van der Waals surface area contributed by atoms with Crippen molar-refractivity contribution in [2.24, 2.45) is 5.73 Å². The van der Waals surface area contributed by atoms with Gasteiger partial charge in [-0.2, -0.15) is 4.98 Å². The molecule has 0 aliphatic rings. The number of aromatic nitrogens is 2. The van der Waals surface area contributed by atoms with Gasteiger partial charge >= 0.3 is 0 Å². The molecule has 68 valence electrons. The van der Waals surface area contributed by atoms with Gasteiger partial charge in [-0.25, -0.2) is 0 Å². The Morgan fingerprint density at radius 3 is 3.00 bits per heavy atom. The Bertz CT molecular complexity index is 234. The molecule has 1 unspecified atom stereocenters. The van der Waals surface area contributed by atoms with Crippen LogP contribution in [-0.2, 0) is 12.8 Å². The van der Waals surface area contributed by atoms with Gasteiger partial charge in [0.15, 0.2) is 5.82 Å². The molecule has 1 rings (SSSR count). The van der Waals surface area contributed by atoms with E-state index in [0.29, 0.717) is 24.6 Å². The predicted octanol–water partition coefficient (Wildman–Crippen LogP) is -0.506. The maximum Gasteiger partial charge on any atom is 0.228 e. The lowest BCUT2D eigenvalue weighted by Crippen LogP contribution is -2.18. The minimum absolute atomic E-state index is 0.0276. The minimum Gasteiger partial charge on any atom is -0.396 e. The van der Waals surface area contributed by atoms with Crippen LogP contribution in [0.25, 0.3) is 0 Å². The largest absolute Gasteiger partial charge is 0.396 e. The van der Waals surface area contributed by atoms with Crippen LogP contribution in [0.15, 0.2) is 4.52 Å². The van der Waals surface area contributed by atoms with E-state index in [4.69, 9.17) is 15.4 Å². The molecule has 0 amide bonds. The molecule has 0 spiro atoms. The smallest absolute Gasteiger partial charge is 0.228 e. The molecule has 0 radical (unpaired) electrons. The molecule has 1 aromatic rings. The Labute approximate surface area is 70.6 Å². The summed E-state index contributed by atoms with van der Waals surface area (Å²) in [6.45, 7) is 1.90. The summed E-state index contributed by atoms with van der Waals surface area (Å²) in [6.07, 6.45) is 1.01. The lowest BCUT2D eigenvalue weighted by atomic mass is 10.2. The number of aliphatic hydroxyl groups is 1. The molecule has 0 bridgehead atoms. The van der Waals surface area contributed by atoms with Crippen LogP contribution in [0.1, 0.15) is 18.6 Å². The quantitative estimate of drug-likeness (QED) is 0.637. The number of nitrogens with two attached hydrogens (primary N) is 1. The summed E-state index contributed by atoms with van der Waals surface area (Å²) in [5, 5.41) is 12.3. The first-order valence-corrected chi connectivity index (χ1v) is 3.90. The Balaban J connectivity index is 2.52. The number of hydrogen-bond acceptors (Lipinski definition) is 5. The van der Waals surface area contributed by atoms with Crippen molar-refractivity contribution in [3.8, 4) is 0 Å². The van der Waals surface area contributed by atoms with Gasteiger partial charge in [-0.15, -0.1) is 0 Å². The van der Waals surface area contributed by atoms with Crippen LogP contribution in [-0.4, -0.2) is 27.9 Å². The third kappa shape index (κ3) is 2.60. The van der Waals surface area contributed by atoms with Crippen LogP contribution in [0.3, 0.4) is 0 Å². The van der Waals surface area contributed by atoms with Gasteiger partial charge in [0.25, 0.3) is 0 Å². The number of hydrogen-bond donors (Lipinski definition) is 2. The summed E-state index contributed by atoms with van der Waals surface area (Å²) in [5.41, 5.74) is 5.54. The van der Waals surface area contributed by atoms with E-state index in [1.807, 2.05) is 6.92 Å².